The number of amides is 1. The molecule has 0 saturated heterocycles. The Bertz CT molecular complexity index is 1110. The van der Waals surface area contributed by atoms with Gasteiger partial charge in [0.1, 0.15) is 11.9 Å². The van der Waals surface area contributed by atoms with Crippen LogP contribution in [0.25, 0.3) is 0 Å². The van der Waals surface area contributed by atoms with Gasteiger partial charge in [0.05, 0.1) is 18.0 Å². The van der Waals surface area contributed by atoms with Crippen molar-refractivity contribution in [3.05, 3.63) is 88.9 Å². The average molecular weight is 497 g/mol. The number of benzene rings is 3. The van der Waals surface area contributed by atoms with Gasteiger partial charge in [-0.15, -0.1) is 11.8 Å². The summed E-state index contributed by atoms with van der Waals surface area (Å²) in [5.74, 6) is 0.427. The molecule has 1 heterocycles. The van der Waals surface area contributed by atoms with Crippen LogP contribution in [0.5, 0.6) is 5.75 Å². The van der Waals surface area contributed by atoms with Gasteiger partial charge in [-0.1, -0.05) is 61.0 Å². The zero-order chi connectivity index (χ0) is 24.1. The predicted molar refractivity (Wildman–Crippen MR) is 139 cm³/mol. The van der Waals surface area contributed by atoms with Crippen molar-refractivity contribution < 1.29 is 14.6 Å². The predicted octanol–water partition coefficient (Wildman–Crippen LogP) is 5.41. The van der Waals surface area contributed by atoms with E-state index in [1.54, 1.807) is 18.1 Å². The van der Waals surface area contributed by atoms with Crippen molar-refractivity contribution in [3.8, 4) is 5.75 Å². The number of methoxy groups -OCH3 is 1. The van der Waals surface area contributed by atoms with Crippen molar-refractivity contribution in [2.24, 2.45) is 0 Å². The van der Waals surface area contributed by atoms with E-state index in [1.165, 1.54) is 17.3 Å². The molecule has 4 rings (SSSR count). The van der Waals surface area contributed by atoms with Gasteiger partial charge in [0, 0.05) is 29.6 Å². The summed E-state index contributed by atoms with van der Waals surface area (Å²) in [7, 11) is 1.61. The molecule has 0 spiro atoms. The van der Waals surface area contributed by atoms with Crippen LogP contribution in [0.4, 0.5) is 5.69 Å². The molecule has 1 amide bonds. The second-order valence-electron chi connectivity index (χ2n) is 8.21. The van der Waals surface area contributed by atoms with Gasteiger partial charge >= 0.3 is 0 Å². The summed E-state index contributed by atoms with van der Waals surface area (Å²) in [5, 5.41) is 11.3. The summed E-state index contributed by atoms with van der Waals surface area (Å²) in [5.41, 5.74) is 2.87. The fraction of sp³-hybridized carbons (Fsp3) is 0.296. The lowest BCUT2D eigenvalue weighted by molar-refractivity contribution is -0.126. The Morgan fingerprint density at radius 2 is 1.82 bits per heavy atom. The van der Waals surface area contributed by atoms with E-state index in [-0.39, 0.29) is 5.91 Å². The van der Waals surface area contributed by atoms with Crippen molar-refractivity contribution in [3.63, 3.8) is 0 Å². The highest BCUT2D eigenvalue weighted by Gasteiger charge is 2.37. The number of anilines is 1. The Morgan fingerprint density at radius 3 is 2.50 bits per heavy atom. The monoisotopic (exact) mass is 496 g/mol. The number of halogens is 1. The van der Waals surface area contributed by atoms with E-state index in [4.69, 9.17) is 16.3 Å². The number of hydrogen-bond donors (Lipinski definition) is 1. The molecule has 5 nitrogen and oxygen atoms in total. The number of ether oxygens (including phenoxy) is 1. The summed E-state index contributed by atoms with van der Waals surface area (Å²) < 4.78 is 5.26. The molecule has 0 aliphatic carbocycles. The van der Waals surface area contributed by atoms with Crippen LogP contribution in [-0.2, 0) is 11.3 Å². The van der Waals surface area contributed by atoms with Crippen LogP contribution in [0.1, 0.15) is 23.3 Å². The summed E-state index contributed by atoms with van der Waals surface area (Å²) in [6.45, 7) is 4.94. The molecule has 1 aliphatic heterocycles. The maximum absolute atomic E-state index is 13.5. The Kier molecular flexibility index (Phi) is 8.16. The molecule has 178 valence electrons. The highest BCUT2D eigenvalue weighted by Crippen LogP contribution is 2.46. The van der Waals surface area contributed by atoms with E-state index in [1.807, 2.05) is 54.6 Å². The van der Waals surface area contributed by atoms with E-state index in [0.29, 0.717) is 18.1 Å². The minimum absolute atomic E-state index is 0.301. The number of carbonyl (C=O) groups excluding carboxylic acids is 1. The normalized spacial score (nSPS) is 18.0. The fourth-order valence-electron chi connectivity index (χ4n) is 4.12. The van der Waals surface area contributed by atoms with Gasteiger partial charge < -0.3 is 14.7 Å². The SMILES string of the molecule is CCN(CCN1C(=O)[C@H](O)[C@H](c2ccc(OC)cc2)Sc2cc(Cl)ccc21)Cc1ccccc1. The third-order valence-electron chi connectivity index (χ3n) is 6.05. The third kappa shape index (κ3) is 5.58. The number of thioether (sulfide) groups is 1. The number of aliphatic hydroxyl groups is 1. The van der Waals surface area contributed by atoms with E-state index < -0.39 is 11.4 Å². The molecule has 0 saturated carbocycles. The second-order valence-corrected chi connectivity index (χ2v) is 9.83. The maximum atomic E-state index is 13.5. The molecular weight excluding hydrogens is 468 g/mol. The first-order valence-electron chi connectivity index (χ1n) is 11.4. The van der Waals surface area contributed by atoms with Crippen LogP contribution in [0.15, 0.2) is 77.7 Å². The highest BCUT2D eigenvalue weighted by atomic mass is 35.5. The van der Waals surface area contributed by atoms with Gasteiger partial charge in [0.25, 0.3) is 5.91 Å². The lowest BCUT2D eigenvalue weighted by atomic mass is 10.1. The van der Waals surface area contributed by atoms with Crippen LogP contribution < -0.4 is 9.64 Å². The Hall–Kier alpha value is -2.51. The summed E-state index contributed by atoms with van der Waals surface area (Å²) in [6, 6.07) is 23.3. The van der Waals surface area contributed by atoms with Crippen LogP contribution in [0.3, 0.4) is 0 Å². The van der Waals surface area contributed by atoms with Gasteiger partial charge in [0.2, 0.25) is 0 Å². The number of rotatable bonds is 8. The van der Waals surface area contributed by atoms with Gasteiger partial charge in [0.15, 0.2) is 0 Å². The van der Waals surface area contributed by atoms with E-state index in [0.717, 1.165) is 35.0 Å². The first-order chi connectivity index (χ1) is 16.5. The van der Waals surface area contributed by atoms with Crippen molar-refractivity contribution in [1.29, 1.82) is 0 Å². The Morgan fingerprint density at radius 1 is 1.09 bits per heavy atom. The van der Waals surface area contributed by atoms with Crippen molar-refractivity contribution in [2.45, 2.75) is 29.7 Å². The zero-order valence-corrected chi connectivity index (χ0v) is 20.9. The molecule has 7 heteroatoms. The first kappa shape index (κ1) is 24.6. The fourth-order valence-corrected chi connectivity index (χ4v) is 5.66. The molecule has 0 bridgehead atoms. The quantitative estimate of drug-likeness (QED) is 0.452. The van der Waals surface area contributed by atoms with Gasteiger partial charge in [-0.3, -0.25) is 9.69 Å². The molecule has 3 aromatic carbocycles. The molecule has 1 N–H and O–H groups in total. The van der Waals surface area contributed by atoms with Crippen molar-refractivity contribution in [2.75, 3.05) is 31.6 Å². The van der Waals surface area contributed by atoms with Gasteiger partial charge in [-0.25, -0.2) is 0 Å². The van der Waals surface area contributed by atoms with E-state index >= 15 is 0 Å². The number of nitrogens with zero attached hydrogens (tertiary/aromatic N) is 2. The largest absolute Gasteiger partial charge is 0.497 e. The lowest BCUT2D eigenvalue weighted by Gasteiger charge is -2.28. The van der Waals surface area contributed by atoms with Crippen LogP contribution >= 0.6 is 23.4 Å². The highest BCUT2D eigenvalue weighted by molar-refractivity contribution is 7.99. The smallest absolute Gasteiger partial charge is 0.257 e. The Balaban J connectivity index is 1.59. The van der Waals surface area contributed by atoms with E-state index in [9.17, 15) is 9.90 Å². The first-order valence-corrected chi connectivity index (χ1v) is 12.6. The van der Waals surface area contributed by atoms with Gasteiger partial charge in [-0.05, 0) is 48.0 Å². The molecule has 0 aromatic heterocycles. The molecular formula is C27H29ClN2O3S. The molecule has 3 aromatic rings. The standard InChI is InChI=1S/C27H29ClN2O3S/c1-3-29(18-19-7-5-4-6-8-19)15-16-30-23-14-11-21(28)17-24(23)34-26(25(31)27(30)32)20-9-12-22(33-2)13-10-20/h4-14,17,25-26,31H,3,15-16,18H2,1-2H3/t25-,26+/m1/s1. The minimum atomic E-state index is -1.19. The molecule has 2 atom stereocenters. The molecule has 1 aliphatic rings. The van der Waals surface area contributed by atoms with Crippen molar-refractivity contribution >= 4 is 35.0 Å². The number of hydrogen-bond acceptors (Lipinski definition) is 5. The molecule has 0 fully saturated rings. The molecule has 0 unspecified atom stereocenters. The summed E-state index contributed by atoms with van der Waals surface area (Å²) in [6.07, 6.45) is -1.19. The second kappa shape index (κ2) is 11.3. The van der Waals surface area contributed by atoms with Crippen LogP contribution in [0, 0.1) is 0 Å². The van der Waals surface area contributed by atoms with Gasteiger partial charge in [-0.2, -0.15) is 0 Å². The van der Waals surface area contributed by atoms with Crippen LogP contribution in [-0.4, -0.2) is 48.8 Å². The van der Waals surface area contributed by atoms with Crippen molar-refractivity contribution in [1.82, 2.24) is 4.90 Å². The summed E-state index contributed by atoms with van der Waals surface area (Å²) >= 11 is 7.79. The van der Waals surface area contributed by atoms with E-state index in [2.05, 4.69) is 24.0 Å². The minimum Gasteiger partial charge on any atom is -0.497 e. The van der Waals surface area contributed by atoms with Crippen LogP contribution in [0.2, 0.25) is 5.02 Å². The average Bonchev–Trinajstić information content (AvgIpc) is 2.96. The topological polar surface area (TPSA) is 53.0 Å². The number of fused-ring (bicyclic) bond motifs is 1. The number of carbonyl (C=O) groups is 1. The summed E-state index contributed by atoms with van der Waals surface area (Å²) in [4.78, 5) is 18.4. The number of likely N-dealkylation sites (N-methyl/N-ethyl adjacent to an activating group) is 1. The lowest BCUT2D eigenvalue weighted by Crippen LogP contribution is -2.44. The number of aliphatic hydroxyl groups excluding tert-OH is 1. The molecule has 0 radical (unpaired) electrons. The maximum Gasteiger partial charge on any atom is 0.257 e. The third-order valence-corrected chi connectivity index (χ3v) is 7.65. The molecule has 34 heavy (non-hydrogen) atoms. The Labute approximate surface area is 210 Å². The zero-order valence-electron chi connectivity index (χ0n) is 19.4.